The molecule has 6 heteroatoms. The van der Waals surface area contributed by atoms with Gasteiger partial charge >= 0.3 is 6.03 Å². The van der Waals surface area contributed by atoms with Gasteiger partial charge in [0.1, 0.15) is 0 Å². The van der Waals surface area contributed by atoms with Crippen LogP contribution in [0.5, 0.6) is 0 Å². The molecular weight excluding hydrogens is 268 g/mol. The summed E-state index contributed by atoms with van der Waals surface area (Å²) in [5.41, 5.74) is 1.86. The second-order valence-electron chi connectivity index (χ2n) is 5.36. The van der Waals surface area contributed by atoms with Crippen molar-refractivity contribution in [2.75, 3.05) is 50.5 Å². The van der Waals surface area contributed by atoms with E-state index in [0.717, 1.165) is 11.4 Å². The molecule has 1 N–H and O–H groups in total. The molecule has 0 spiro atoms. The van der Waals surface area contributed by atoms with E-state index in [1.807, 2.05) is 43.3 Å². The van der Waals surface area contributed by atoms with Gasteiger partial charge in [-0.3, -0.25) is 4.79 Å². The zero-order chi connectivity index (χ0) is 15.4. The van der Waals surface area contributed by atoms with Gasteiger partial charge in [0.15, 0.2) is 0 Å². The highest BCUT2D eigenvalue weighted by molar-refractivity contribution is 5.89. The lowest BCUT2D eigenvalue weighted by Gasteiger charge is -2.34. The Bertz CT molecular complexity index is 505. The number of benzene rings is 1. The zero-order valence-electron chi connectivity index (χ0n) is 12.8. The van der Waals surface area contributed by atoms with Gasteiger partial charge < -0.3 is 20.0 Å². The summed E-state index contributed by atoms with van der Waals surface area (Å²) in [6, 6.07) is 7.58. The number of hydrogen-bond acceptors (Lipinski definition) is 3. The van der Waals surface area contributed by atoms with E-state index < -0.39 is 0 Å². The molecule has 114 valence electrons. The smallest absolute Gasteiger partial charge is 0.321 e. The highest BCUT2D eigenvalue weighted by Gasteiger charge is 2.22. The van der Waals surface area contributed by atoms with Gasteiger partial charge in [-0.1, -0.05) is 0 Å². The van der Waals surface area contributed by atoms with Gasteiger partial charge in [0.25, 0.3) is 0 Å². The van der Waals surface area contributed by atoms with Gasteiger partial charge in [-0.2, -0.15) is 0 Å². The molecule has 0 aliphatic carbocycles. The number of hydrogen-bond donors (Lipinski definition) is 1. The Balaban J connectivity index is 1.88. The average Bonchev–Trinajstić information content (AvgIpc) is 2.47. The Morgan fingerprint density at radius 1 is 1.00 bits per heavy atom. The van der Waals surface area contributed by atoms with E-state index in [2.05, 4.69) is 5.32 Å². The van der Waals surface area contributed by atoms with E-state index in [4.69, 9.17) is 0 Å². The van der Waals surface area contributed by atoms with E-state index in [1.54, 1.807) is 16.7 Å². The Morgan fingerprint density at radius 3 is 2.00 bits per heavy atom. The fourth-order valence-electron chi connectivity index (χ4n) is 2.27. The average molecular weight is 290 g/mol. The van der Waals surface area contributed by atoms with Crippen LogP contribution in [-0.2, 0) is 4.79 Å². The topological polar surface area (TPSA) is 55.9 Å². The molecule has 0 atom stereocenters. The van der Waals surface area contributed by atoms with Crippen molar-refractivity contribution in [2.45, 2.75) is 6.92 Å². The van der Waals surface area contributed by atoms with Crippen LogP contribution in [0, 0.1) is 0 Å². The molecule has 21 heavy (non-hydrogen) atoms. The van der Waals surface area contributed by atoms with E-state index in [0.29, 0.717) is 26.2 Å². The molecule has 2 rings (SSSR count). The van der Waals surface area contributed by atoms with Crippen molar-refractivity contribution in [3.63, 3.8) is 0 Å². The van der Waals surface area contributed by atoms with Gasteiger partial charge in [-0.15, -0.1) is 0 Å². The van der Waals surface area contributed by atoms with Crippen LogP contribution in [0.25, 0.3) is 0 Å². The maximum absolute atomic E-state index is 12.2. The van der Waals surface area contributed by atoms with Crippen LogP contribution in [0.2, 0.25) is 0 Å². The summed E-state index contributed by atoms with van der Waals surface area (Å²) in [4.78, 5) is 28.9. The number of amides is 3. The second kappa shape index (κ2) is 6.47. The molecule has 1 aliphatic rings. The Labute approximate surface area is 125 Å². The van der Waals surface area contributed by atoms with E-state index in [1.165, 1.54) is 0 Å². The van der Waals surface area contributed by atoms with Gasteiger partial charge in [-0.05, 0) is 24.3 Å². The molecule has 0 radical (unpaired) electrons. The third kappa shape index (κ3) is 3.87. The summed E-state index contributed by atoms with van der Waals surface area (Å²) < 4.78 is 0. The molecule has 1 aliphatic heterocycles. The predicted molar refractivity (Wildman–Crippen MR) is 83.6 cm³/mol. The van der Waals surface area contributed by atoms with Crippen molar-refractivity contribution in [1.82, 2.24) is 9.80 Å². The molecular formula is C15H22N4O2. The summed E-state index contributed by atoms with van der Waals surface area (Å²) in [6.45, 7) is 3.90. The fraction of sp³-hybridized carbons (Fsp3) is 0.467. The number of piperazine rings is 1. The minimum absolute atomic E-state index is 0.0642. The third-order valence-corrected chi connectivity index (χ3v) is 3.65. The number of urea groups is 1. The summed E-state index contributed by atoms with van der Waals surface area (Å²) in [5.74, 6) is 0.0642. The van der Waals surface area contributed by atoms with E-state index in [9.17, 15) is 9.59 Å². The summed E-state index contributed by atoms with van der Waals surface area (Å²) >= 11 is 0. The van der Waals surface area contributed by atoms with Crippen LogP contribution in [-0.4, -0.2) is 62.0 Å². The fourth-order valence-corrected chi connectivity index (χ4v) is 2.27. The molecule has 1 heterocycles. The van der Waals surface area contributed by atoms with Gasteiger partial charge in [-0.25, -0.2) is 4.79 Å². The minimum Gasteiger partial charge on any atom is -0.378 e. The number of carbonyl (C=O) groups is 2. The number of nitrogens with zero attached hydrogens (tertiary/aromatic N) is 3. The molecule has 1 aromatic rings. The van der Waals surface area contributed by atoms with Gasteiger partial charge in [0.2, 0.25) is 5.91 Å². The van der Waals surface area contributed by atoms with E-state index in [-0.39, 0.29) is 11.9 Å². The maximum Gasteiger partial charge on any atom is 0.321 e. The highest BCUT2D eigenvalue weighted by Crippen LogP contribution is 2.16. The van der Waals surface area contributed by atoms with Crippen molar-refractivity contribution in [3.05, 3.63) is 24.3 Å². The highest BCUT2D eigenvalue weighted by atomic mass is 16.2. The number of carbonyl (C=O) groups excluding carboxylic acids is 2. The molecule has 1 saturated heterocycles. The standard InChI is InChI=1S/C15H22N4O2/c1-12(20)18-8-10-19(11-9-18)15(21)16-13-4-6-14(7-5-13)17(2)3/h4-7H,8-11H2,1-3H3,(H,16,21). The van der Waals surface area contributed by atoms with Crippen LogP contribution in [0.1, 0.15) is 6.92 Å². The van der Waals surface area contributed by atoms with Crippen LogP contribution in [0.4, 0.5) is 16.2 Å². The number of rotatable bonds is 2. The first kappa shape index (κ1) is 15.2. The molecule has 3 amide bonds. The predicted octanol–water partition coefficient (Wildman–Crippen LogP) is 1.45. The summed E-state index contributed by atoms with van der Waals surface area (Å²) in [6.07, 6.45) is 0. The lowest BCUT2D eigenvalue weighted by molar-refractivity contribution is -0.130. The summed E-state index contributed by atoms with van der Waals surface area (Å²) in [7, 11) is 3.95. The normalized spacial score (nSPS) is 14.8. The quantitative estimate of drug-likeness (QED) is 0.897. The molecule has 0 bridgehead atoms. The summed E-state index contributed by atoms with van der Waals surface area (Å²) in [5, 5.41) is 2.89. The first-order valence-electron chi connectivity index (χ1n) is 7.06. The Hall–Kier alpha value is -2.24. The lowest BCUT2D eigenvalue weighted by Crippen LogP contribution is -2.51. The number of nitrogens with one attached hydrogen (secondary N) is 1. The van der Waals surface area contributed by atoms with Crippen molar-refractivity contribution in [3.8, 4) is 0 Å². The molecule has 0 unspecified atom stereocenters. The van der Waals surface area contributed by atoms with E-state index >= 15 is 0 Å². The lowest BCUT2D eigenvalue weighted by atomic mass is 10.2. The van der Waals surface area contributed by atoms with Crippen molar-refractivity contribution < 1.29 is 9.59 Å². The zero-order valence-corrected chi connectivity index (χ0v) is 12.8. The van der Waals surface area contributed by atoms with Crippen LogP contribution < -0.4 is 10.2 Å². The Kier molecular flexibility index (Phi) is 4.67. The largest absolute Gasteiger partial charge is 0.378 e. The first-order valence-corrected chi connectivity index (χ1v) is 7.06. The van der Waals surface area contributed by atoms with Crippen LogP contribution >= 0.6 is 0 Å². The number of anilines is 2. The van der Waals surface area contributed by atoms with Gasteiger partial charge in [0, 0.05) is 58.6 Å². The molecule has 6 nitrogen and oxygen atoms in total. The van der Waals surface area contributed by atoms with Crippen LogP contribution in [0.3, 0.4) is 0 Å². The van der Waals surface area contributed by atoms with Crippen molar-refractivity contribution >= 4 is 23.3 Å². The second-order valence-corrected chi connectivity index (χ2v) is 5.36. The maximum atomic E-state index is 12.2. The molecule has 1 fully saturated rings. The van der Waals surface area contributed by atoms with Crippen molar-refractivity contribution in [2.24, 2.45) is 0 Å². The van der Waals surface area contributed by atoms with Gasteiger partial charge in [0.05, 0.1) is 0 Å². The van der Waals surface area contributed by atoms with Crippen LogP contribution in [0.15, 0.2) is 24.3 Å². The Morgan fingerprint density at radius 2 is 1.52 bits per heavy atom. The SMILES string of the molecule is CC(=O)N1CCN(C(=O)Nc2ccc(N(C)C)cc2)CC1. The van der Waals surface area contributed by atoms with Crippen molar-refractivity contribution in [1.29, 1.82) is 0 Å². The minimum atomic E-state index is -0.115. The monoisotopic (exact) mass is 290 g/mol. The molecule has 0 saturated carbocycles. The third-order valence-electron chi connectivity index (χ3n) is 3.65. The molecule has 0 aromatic heterocycles. The molecule has 1 aromatic carbocycles. The first-order chi connectivity index (χ1) is 9.97.